The highest BCUT2D eigenvalue weighted by atomic mass is 16.5. The minimum Gasteiger partial charge on any atom is -0.343 e. The number of pyridine rings is 1. The fourth-order valence-corrected chi connectivity index (χ4v) is 2.53. The second-order valence-electron chi connectivity index (χ2n) is 5.49. The van der Waals surface area contributed by atoms with Crippen molar-refractivity contribution in [2.24, 2.45) is 0 Å². The largest absolute Gasteiger partial charge is 0.343 e. The van der Waals surface area contributed by atoms with E-state index in [0.29, 0.717) is 17.3 Å². The van der Waals surface area contributed by atoms with E-state index in [1.54, 1.807) is 30.6 Å². The molecule has 2 aromatic heterocycles. The molecule has 2 heterocycles. The van der Waals surface area contributed by atoms with Crippen LogP contribution in [0.4, 0.5) is 0 Å². The topological polar surface area (TPSA) is 80.9 Å². The predicted molar refractivity (Wildman–Crippen MR) is 92.6 cm³/mol. The van der Waals surface area contributed by atoms with Gasteiger partial charge in [-0.05, 0) is 35.0 Å². The maximum absolute atomic E-state index is 12.3. The number of nitrogens with zero attached hydrogens (tertiary/aromatic N) is 3. The SMILES string of the molecule is O=C(NCc1nc(-c2ccncc2)no1)c1ccc2ccccc2c1. The molecule has 0 aliphatic heterocycles. The number of fused-ring (bicyclic) bond motifs is 1. The Morgan fingerprint density at radius 2 is 1.80 bits per heavy atom. The normalized spacial score (nSPS) is 10.7. The summed E-state index contributed by atoms with van der Waals surface area (Å²) in [6.45, 7) is 0.170. The van der Waals surface area contributed by atoms with Crippen LogP contribution in [-0.2, 0) is 6.54 Å². The first-order chi connectivity index (χ1) is 12.3. The van der Waals surface area contributed by atoms with Crippen molar-refractivity contribution < 1.29 is 9.32 Å². The Kier molecular flexibility index (Phi) is 3.92. The zero-order valence-electron chi connectivity index (χ0n) is 13.2. The molecule has 0 bridgehead atoms. The third-order valence-corrected chi connectivity index (χ3v) is 3.82. The molecule has 25 heavy (non-hydrogen) atoms. The summed E-state index contributed by atoms with van der Waals surface area (Å²) in [5.74, 6) is 0.632. The summed E-state index contributed by atoms with van der Waals surface area (Å²) in [6, 6.07) is 17.1. The summed E-state index contributed by atoms with van der Waals surface area (Å²) in [6.07, 6.45) is 3.32. The van der Waals surface area contributed by atoms with Crippen molar-refractivity contribution in [3.8, 4) is 11.4 Å². The minimum absolute atomic E-state index is 0.170. The molecule has 4 aromatic rings. The van der Waals surface area contributed by atoms with Gasteiger partial charge in [-0.1, -0.05) is 35.5 Å². The number of benzene rings is 2. The number of carbonyl (C=O) groups is 1. The fourth-order valence-electron chi connectivity index (χ4n) is 2.53. The molecule has 2 aromatic carbocycles. The van der Waals surface area contributed by atoms with Gasteiger partial charge < -0.3 is 9.84 Å². The molecular weight excluding hydrogens is 316 g/mol. The molecule has 0 spiro atoms. The van der Waals surface area contributed by atoms with Gasteiger partial charge in [0, 0.05) is 23.5 Å². The Morgan fingerprint density at radius 3 is 2.64 bits per heavy atom. The maximum Gasteiger partial charge on any atom is 0.251 e. The first-order valence-corrected chi connectivity index (χ1v) is 7.79. The van der Waals surface area contributed by atoms with Gasteiger partial charge in [0.2, 0.25) is 11.7 Å². The lowest BCUT2D eigenvalue weighted by Gasteiger charge is -2.04. The van der Waals surface area contributed by atoms with E-state index in [-0.39, 0.29) is 12.5 Å². The van der Waals surface area contributed by atoms with Crippen molar-refractivity contribution >= 4 is 16.7 Å². The summed E-state index contributed by atoms with van der Waals surface area (Å²) < 4.78 is 5.18. The summed E-state index contributed by atoms with van der Waals surface area (Å²) in [5.41, 5.74) is 1.40. The van der Waals surface area contributed by atoms with E-state index in [2.05, 4.69) is 20.4 Å². The monoisotopic (exact) mass is 330 g/mol. The molecule has 0 saturated carbocycles. The molecule has 1 N–H and O–H groups in total. The molecule has 4 rings (SSSR count). The van der Waals surface area contributed by atoms with Gasteiger partial charge in [0.25, 0.3) is 5.91 Å². The molecular formula is C19H14N4O2. The average molecular weight is 330 g/mol. The molecule has 0 unspecified atom stereocenters. The van der Waals surface area contributed by atoms with Crippen LogP contribution in [0.15, 0.2) is 71.5 Å². The highest BCUT2D eigenvalue weighted by Gasteiger charge is 2.11. The first kappa shape index (κ1) is 15.0. The number of hydrogen-bond donors (Lipinski definition) is 1. The lowest BCUT2D eigenvalue weighted by molar-refractivity contribution is 0.0946. The van der Waals surface area contributed by atoms with Crippen molar-refractivity contribution in [1.29, 1.82) is 0 Å². The van der Waals surface area contributed by atoms with Crippen LogP contribution >= 0.6 is 0 Å². The van der Waals surface area contributed by atoms with Crippen LogP contribution in [-0.4, -0.2) is 21.0 Å². The molecule has 0 atom stereocenters. The highest BCUT2D eigenvalue weighted by molar-refractivity contribution is 5.98. The Hall–Kier alpha value is -3.54. The van der Waals surface area contributed by atoms with E-state index < -0.39 is 0 Å². The van der Waals surface area contributed by atoms with Crippen LogP contribution in [0.1, 0.15) is 16.2 Å². The van der Waals surface area contributed by atoms with Crippen molar-refractivity contribution in [2.45, 2.75) is 6.54 Å². The lowest BCUT2D eigenvalue weighted by atomic mass is 10.1. The Morgan fingerprint density at radius 1 is 1.00 bits per heavy atom. The van der Waals surface area contributed by atoms with Crippen molar-refractivity contribution in [2.75, 3.05) is 0 Å². The van der Waals surface area contributed by atoms with Gasteiger partial charge in [0.15, 0.2) is 0 Å². The van der Waals surface area contributed by atoms with Crippen LogP contribution in [0, 0.1) is 0 Å². The fraction of sp³-hybridized carbons (Fsp3) is 0.0526. The van der Waals surface area contributed by atoms with Gasteiger partial charge in [0.05, 0.1) is 6.54 Å². The van der Waals surface area contributed by atoms with Crippen molar-refractivity contribution in [1.82, 2.24) is 20.4 Å². The van der Waals surface area contributed by atoms with Crippen LogP contribution in [0.5, 0.6) is 0 Å². The molecule has 1 amide bonds. The van der Waals surface area contributed by atoms with Gasteiger partial charge in [0.1, 0.15) is 0 Å². The van der Waals surface area contributed by atoms with Crippen molar-refractivity contribution in [3.63, 3.8) is 0 Å². The Labute approximate surface area is 143 Å². The molecule has 0 saturated heterocycles. The number of carbonyl (C=O) groups excluding carboxylic acids is 1. The van der Waals surface area contributed by atoms with E-state index in [1.165, 1.54) is 0 Å². The minimum atomic E-state index is -0.186. The lowest BCUT2D eigenvalue weighted by Crippen LogP contribution is -2.22. The van der Waals surface area contributed by atoms with E-state index in [4.69, 9.17) is 4.52 Å². The number of aromatic nitrogens is 3. The van der Waals surface area contributed by atoms with E-state index >= 15 is 0 Å². The van der Waals surface area contributed by atoms with Gasteiger partial charge in [-0.15, -0.1) is 0 Å². The standard InChI is InChI=1S/C19H14N4O2/c24-19(16-6-5-13-3-1-2-4-15(13)11-16)21-12-17-22-18(23-25-17)14-7-9-20-10-8-14/h1-11H,12H2,(H,21,24). The van der Waals surface area contributed by atoms with Gasteiger partial charge in [-0.25, -0.2) is 0 Å². The van der Waals surface area contributed by atoms with E-state index in [1.807, 2.05) is 36.4 Å². The second-order valence-corrected chi connectivity index (χ2v) is 5.49. The van der Waals surface area contributed by atoms with Gasteiger partial charge in [-0.3, -0.25) is 9.78 Å². The zero-order chi connectivity index (χ0) is 17.1. The van der Waals surface area contributed by atoms with Crippen LogP contribution in [0.3, 0.4) is 0 Å². The number of nitrogens with one attached hydrogen (secondary N) is 1. The van der Waals surface area contributed by atoms with Crippen LogP contribution < -0.4 is 5.32 Å². The first-order valence-electron chi connectivity index (χ1n) is 7.79. The van der Waals surface area contributed by atoms with Gasteiger partial charge >= 0.3 is 0 Å². The van der Waals surface area contributed by atoms with Gasteiger partial charge in [-0.2, -0.15) is 4.98 Å². The molecule has 0 aliphatic rings. The predicted octanol–water partition coefficient (Wildman–Crippen LogP) is 3.21. The summed E-state index contributed by atoms with van der Waals surface area (Å²) in [4.78, 5) is 20.6. The zero-order valence-corrected chi connectivity index (χ0v) is 13.2. The molecule has 6 heteroatoms. The summed E-state index contributed by atoms with van der Waals surface area (Å²) >= 11 is 0. The molecule has 0 radical (unpaired) electrons. The second kappa shape index (κ2) is 6.52. The summed E-state index contributed by atoms with van der Waals surface area (Å²) in [5, 5.41) is 8.83. The maximum atomic E-state index is 12.3. The molecule has 6 nitrogen and oxygen atoms in total. The van der Waals surface area contributed by atoms with E-state index in [9.17, 15) is 4.79 Å². The molecule has 122 valence electrons. The quantitative estimate of drug-likeness (QED) is 0.621. The van der Waals surface area contributed by atoms with Crippen molar-refractivity contribution in [3.05, 3.63) is 78.4 Å². The van der Waals surface area contributed by atoms with Crippen LogP contribution in [0.25, 0.3) is 22.2 Å². The number of hydrogen-bond acceptors (Lipinski definition) is 5. The molecule has 0 aliphatic carbocycles. The molecule has 0 fully saturated rings. The smallest absolute Gasteiger partial charge is 0.251 e. The third kappa shape index (κ3) is 3.23. The summed E-state index contributed by atoms with van der Waals surface area (Å²) in [7, 11) is 0. The van der Waals surface area contributed by atoms with Crippen LogP contribution in [0.2, 0.25) is 0 Å². The Balaban J connectivity index is 1.45. The number of rotatable bonds is 4. The highest BCUT2D eigenvalue weighted by Crippen LogP contribution is 2.16. The average Bonchev–Trinajstić information content (AvgIpc) is 3.15. The van der Waals surface area contributed by atoms with E-state index in [0.717, 1.165) is 16.3 Å². The third-order valence-electron chi connectivity index (χ3n) is 3.82. The number of amides is 1. The Bertz CT molecular complexity index is 1030.